The Bertz CT molecular complexity index is 1080. The van der Waals surface area contributed by atoms with Crippen molar-refractivity contribution in [2.24, 2.45) is 5.92 Å². The molecule has 2 aromatic heterocycles. The van der Waals surface area contributed by atoms with Crippen LogP contribution in [-0.4, -0.2) is 53.8 Å². The van der Waals surface area contributed by atoms with E-state index in [4.69, 9.17) is 4.52 Å². The fourth-order valence-electron chi connectivity index (χ4n) is 4.68. The van der Waals surface area contributed by atoms with Crippen molar-refractivity contribution < 1.29 is 9.32 Å². The molecule has 0 saturated heterocycles. The van der Waals surface area contributed by atoms with Gasteiger partial charge in [0.1, 0.15) is 11.5 Å². The Morgan fingerprint density at radius 1 is 1.38 bits per heavy atom. The molecule has 2 atom stereocenters. The van der Waals surface area contributed by atoms with Gasteiger partial charge in [0.2, 0.25) is 5.91 Å². The van der Waals surface area contributed by atoms with Gasteiger partial charge in [0.25, 0.3) is 0 Å². The molecule has 1 aromatic carbocycles. The zero-order valence-corrected chi connectivity index (χ0v) is 19.8. The topological polar surface area (TPSA) is 75.3 Å². The van der Waals surface area contributed by atoms with Crippen LogP contribution in [0, 0.1) is 12.8 Å². The standard InChI is InChI=1S/C25H35N5O2/c1-16(2)11-21-20-7-6-8-23-24(20)18(14-30(23)15-19-12-17(3)32-28-19)13-22(27-21)25(31)26-9-10-29(4)5/h6-8,12,14,16,21-22,27H,9-11,13,15H2,1-5H3,(H,26,31). The Kier molecular flexibility index (Phi) is 6.67. The van der Waals surface area contributed by atoms with E-state index >= 15 is 0 Å². The molecule has 172 valence electrons. The van der Waals surface area contributed by atoms with Gasteiger partial charge in [-0.3, -0.25) is 10.1 Å². The predicted octanol–water partition coefficient (Wildman–Crippen LogP) is 3.27. The maximum atomic E-state index is 13.1. The highest BCUT2D eigenvalue weighted by atomic mass is 16.5. The Hall–Kier alpha value is -2.64. The second-order valence-corrected chi connectivity index (χ2v) is 9.65. The lowest BCUT2D eigenvalue weighted by Gasteiger charge is -2.25. The third-order valence-electron chi connectivity index (χ3n) is 6.11. The molecule has 7 nitrogen and oxygen atoms in total. The second kappa shape index (κ2) is 9.46. The van der Waals surface area contributed by atoms with Crippen LogP contribution in [0.5, 0.6) is 0 Å². The largest absolute Gasteiger partial charge is 0.361 e. The van der Waals surface area contributed by atoms with Gasteiger partial charge in [-0.05, 0) is 57.0 Å². The van der Waals surface area contributed by atoms with Gasteiger partial charge in [-0.1, -0.05) is 31.1 Å². The number of likely N-dealkylation sites (N-methyl/N-ethyl adjacent to an activating group) is 1. The molecule has 0 bridgehead atoms. The summed E-state index contributed by atoms with van der Waals surface area (Å²) in [6, 6.07) is 8.35. The van der Waals surface area contributed by atoms with Crippen LogP contribution in [0.25, 0.3) is 10.9 Å². The van der Waals surface area contributed by atoms with Crippen molar-refractivity contribution in [3.63, 3.8) is 0 Å². The molecule has 3 heterocycles. The molecule has 0 radical (unpaired) electrons. The van der Waals surface area contributed by atoms with E-state index in [-0.39, 0.29) is 18.0 Å². The molecule has 0 spiro atoms. The van der Waals surface area contributed by atoms with Crippen LogP contribution in [0.2, 0.25) is 0 Å². The summed E-state index contributed by atoms with van der Waals surface area (Å²) in [5.74, 6) is 1.40. The molecule has 0 aliphatic carbocycles. The molecular weight excluding hydrogens is 402 g/mol. The zero-order chi connectivity index (χ0) is 22.8. The van der Waals surface area contributed by atoms with Gasteiger partial charge < -0.3 is 19.3 Å². The van der Waals surface area contributed by atoms with Crippen molar-refractivity contribution in [1.29, 1.82) is 0 Å². The molecule has 3 aromatic rings. The van der Waals surface area contributed by atoms with Crippen LogP contribution < -0.4 is 10.6 Å². The lowest BCUT2D eigenvalue weighted by atomic mass is 9.94. The van der Waals surface area contributed by atoms with Crippen molar-refractivity contribution in [2.75, 3.05) is 27.2 Å². The average molecular weight is 438 g/mol. The smallest absolute Gasteiger partial charge is 0.237 e. The van der Waals surface area contributed by atoms with Crippen molar-refractivity contribution in [1.82, 2.24) is 25.3 Å². The molecule has 2 unspecified atom stereocenters. The van der Waals surface area contributed by atoms with E-state index in [1.54, 1.807) is 0 Å². The summed E-state index contributed by atoms with van der Waals surface area (Å²) in [6.07, 6.45) is 3.84. The molecule has 2 N–H and O–H groups in total. The number of nitrogens with zero attached hydrogens (tertiary/aromatic N) is 3. The van der Waals surface area contributed by atoms with E-state index in [0.717, 1.165) is 24.4 Å². The number of aryl methyl sites for hydroxylation is 1. The maximum absolute atomic E-state index is 13.1. The Balaban J connectivity index is 1.69. The summed E-state index contributed by atoms with van der Waals surface area (Å²) >= 11 is 0. The van der Waals surface area contributed by atoms with Crippen LogP contribution in [0.1, 0.15) is 48.9 Å². The number of carbonyl (C=O) groups is 1. The maximum Gasteiger partial charge on any atom is 0.237 e. The number of aromatic nitrogens is 2. The van der Waals surface area contributed by atoms with E-state index in [1.807, 2.05) is 27.1 Å². The highest BCUT2D eigenvalue weighted by molar-refractivity contribution is 5.90. The van der Waals surface area contributed by atoms with Crippen LogP contribution in [0.3, 0.4) is 0 Å². The van der Waals surface area contributed by atoms with Crippen molar-refractivity contribution in [2.45, 2.75) is 52.2 Å². The molecule has 1 aliphatic rings. The lowest BCUT2D eigenvalue weighted by Crippen LogP contribution is -2.47. The number of nitrogens with one attached hydrogen (secondary N) is 2. The van der Waals surface area contributed by atoms with Gasteiger partial charge >= 0.3 is 0 Å². The molecular formula is C25H35N5O2. The quantitative estimate of drug-likeness (QED) is 0.566. The molecule has 32 heavy (non-hydrogen) atoms. The Morgan fingerprint density at radius 2 is 2.19 bits per heavy atom. The fourth-order valence-corrected chi connectivity index (χ4v) is 4.68. The molecule has 1 aliphatic heterocycles. The predicted molar refractivity (Wildman–Crippen MR) is 127 cm³/mol. The molecule has 4 rings (SSSR count). The van der Waals surface area contributed by atoms with E-state index in [0.29, 0.717) is 25.4 Å². The number of hydrogen-bond donors (Lipinski definition) is 2. The summed E-state index contributed by atoms with van der Waals surface area (Å²) in [5, 5.41) is 12.3. The summed E-state index contributed by atoms with van der Waals surface area (Å²) in [7, 11) is 4.03. The highest BCUT2D eigenvalue weighted by Crippen LogP contribution is 2.36. The first-order valence-corrected chi connectivity index (χ1v) is 11.5. The minimum Gasteiger partial charge on any atom is -0.361 e. The first-order valence-electron chi connectivity index (χ1n) is 11.5. The third-order valence-corrected chi connectivity index (χ3v) is 6.11. The normalized spacial score (nSPS) is 18.5. The van der Waals surface area contributed by atoms with E-state index in [9.17, 15) is 4.79 Å². The fraction of sp³-hybridized carbons (Fsp3) is 0.520. The summed E-state index contributed by atoms with van der Waals surface area (Å²) < 4.78 is 7.51. The molecule has 0 saturated carbocycles. The number of amides is 1. The Labute approximate surface area is 190 Å². The van der Waals surface area contributed by atoms with Crippen molar-refractivity contribution >= 4 is 16.8 Å². The van der Waals surface area contributed by atoms with E-state index < -0.39 is 0 Å². The summed E-state index contributed by atoms with van der Waals surface area (Å²) in [4.78, 5) is 15.2. The zero-order valence-electron chi connectivity index (χ0n) is 19.8. The lowest BCUT2D eigenvalue weighted by molar-refractivity contribution is -0.123. The second-order valence-electron chi connectivity index (χ2n) is 9.65. The molecule has 1 amide bonds. The van der Waals surface area contributed by atoms with Crippen molar-refractivity contribution in [3.8, 4) is 0 Å². The van der Waals surface area contributed by atoms with Crippen LogP contribution in [0.4, 0.5) is 0 Å². The van der Waals surface area contributed by atoms with Gasteiger partial charge in [0.15, 0.2) is 0 Å². The van der Waals surface area contributed by atoms with Gasteiger partial charge in [0, 0.05) is 42.3 Å². The highest BCUT2D eigenvalue weighted by Gasteiger charge is 2.30. The van der Waals surface area contributed by atoms with Gasteiger partial charge in [-0.15, -0.1) is 0 Å². The SMILES string of the molecule is Cc1cc(Cn2cc3c4c(cccc42)C(CC(C)C)NC(C(=O)NCCN(C)C)C3)no1. The molecule has 0 fully saturated rings. The van der Waals surface area contributed by atoms with Crippen molar-refractivity contribution in [3.05, 3.63) is 53.0 Å². The number of benzene rings is 1. The van der Waals surface area contributed by atoms with Gasteiger partial charge in [-0.2, -0.15) is 0 Å². The van der Waals surface area contributed by atoms with Crippen LogP contribution in [0.15, 0.2) is 35.0 Å². The minimum absolute atomic E-state index is 0.0708. The number of hydrogen-bond acceptors (Lipinski definition) is 5. The molecule has 7 heteroatoms. The number of carbonyl (C=O) groups excluding carboxylic acids is 1. The van der Waals surface area contributed by atoms with Crippen LogP contribution in [-0.2, 0) is 17.8 Å². The van der Waals surface area contributed by atoms with Crippen LogP contribution >= 0.6 is 0 Å². The van der Waals surface area contributed by atoms with Gasteiger partial charge in [-0.25, -0.2) is 0 Å². The number of rotatable bonds is 8. The monoisotopic (exact) mass is 437 g/mol. The Morgan fingerprint density at radius 3 is 2.88 bits per heavy atom. The minimum atomic E-state index is -0.262. The average Bonchev–Trinajstić information content (AvgIpc) is 3.25. The van der Waals surface area contributed by atoms with E-state index in [1.165, 1.54) is 22.0 Å². The summed E-state index contributed by atoms with van der Waals surface area (Å²) in [5.41, 5.74) is 4.58. The van der Waals surface area contributed by atoms with Gasteiger partial charge in [0.05, 0.1) is 12.6 Å². The third kappa shape index (κ3) is 4.89. The summed E-state index contributed by atoms with van der Waals surface area (Å²) in [6.45, 7) is 8.50. The first-order chi connectivity index (χ1) is 15.3. The first kappa shape index (κ1) is 22.6. The van der Waals surface area contributed by atoms with E-state index in [2.05, 4.69) is 63.5 Å².